The average molecular weight is 471 g/mol. The number of hydrogen-bond acceptors (Lipinski definition) is 4. The minimum atomic E-state index is -3.86. The van der Waals surface area contributed by atoms with Crippen molar-refractivity contribution in [1.29, 1.82) is 0 Å². The molecule has 0 spiro atoms. The number of benzene rings is 4. The monoisotopic (exact) mass is 470 g/mol. The Kier molecular flexibility index (Phi) is 6.64. The minimum Gasteiger partial charge on any atom is -0.508 e. The van der Waals surface area contributed by atoms with Gasteiger partial charge in [-0.15, -0.1) is 6.42 Å². The van der Waals surface area contributed by atoms with Crippen LogP contribution in [0.3, 0.4) is 0 Å². The number of carbonyl (C=O) groups excluding carboxylic acids is 1. The van der Waals surface area contributed by atoms with E-state index in [2.05, 4.69) is 16.0 Å². The van der Waals surface area contributed by atoms with Crippen LogP contribution in [-0.4, -0.2) is 26.0 Å². The van der Waals surface area contributed by atoms with Gasteiger partial charge in [0.15, 0.2) is 0 Å². The number of hydrogen-bond donors (Lipinski definition) is 3. The van der Waals surface area contributed by atoms with E-state index in [-0.39, 0.29) is 22.8 Å². The van der Waals surface area contributed by atoms with Crippen LogP contribution in [0.25, 0.3) is 10.8 Å². The molecular weight excluding hydrogens is 448 g/mol. The van der Waals surface area contributed by atoms with Crippen LogP contribution < -0.4 is 10.0 Å². The Morgan fingerprint density at radius 1 is 0.941 bits per heavy atom. The van der Waals surface area contributed by atoms with E-state index < -0.39 is 22.0 Å². The average Bonchev–Trinajstić information content (AvgIpc) is 2.87. The van der Waals surface area contributed by atoms with Crippen LogP contribution in [0.4, 0.5) is 0 Å². The second-order valence-corrected chi connectivity index (χ2v) is 9.36. The van der Waals surface area contributed by atoms with Gasteiger partial charge in [0.2, 0.25) is 10.0 Å². The van der Waals surface area contributed by atoms with Gasteiger partial charge in [-0.05, 0) is 40.6 Å². The molecule has 0 aromatic heterocycles. The number of nitrogens with one attached hydrogen (secondary N) is 2. The van der Waals surface area contributed by atoms with Gasteiger partial charge >= 0.3 is 0 Å². The van der Waals surface area contributed by atoms with Gasteiger partial charge in [-0.2, -0.15) is 4.72 Å². The Labute approximate surface area is 198 Å². The van der Waals surface area contributed by atoms with E-state index in [9.17, 15) is 18.3 Å². The lowest BCUT2D eigenvalue weighted by atomic mass is 9.92. The maximum absolute atomic E-state index is 13.3. The number of terminal acetylenes is 1. The van der Waals surface area contributed by atoms with Crippen molar-refractivity contribution in [2.75, 3.05) is 6.54 Å². The zero-order chi connectivity index (χ0) is 24.1. The summed E-state index contributed by atoms with van der Waals surface area (Å²) in [6.45, 7) is -0.158. The molecular formula is C27H22N2O4S. The molecule has 1 amide bonds. The molecule has 7 heteroatoms. The zero-order valence-electron chi connectivity index (χ0n) is 18.1. The van der Waals surface area contributed by atoms with E-state index in [1.165, 1.54) is 24.3 Å². The maximum atomic E-state index is 13.3. The highest BCUT2D eigenvalue weighted by Crippen LogP contribution is 2.36. The lowest BCUT2D eigenvalue weighted by molar-refractivity contribution is 0.0942. The smallest absolute Gasteiger partial charge is 0.252 e. The Bertz CT molecular complexity index is 1490. The number of phenolic OH excluding ortho intramolecular Hbond substituents is 1. The summed E-state index contributed by atoms with van der Waals surface area (Å²) in [7, 11) is -3.86. The van der Waals surface area contributed by atoms with Gasteiger partial charge in [0.1, 0.15) is 5.75 Å². The van der Waals surface area contributed by atoms with E-state index in [0.29, 0.717) is 5.56 Å². The van der Waals surface area contributed by atoms with Crippen molar-refractivity contribution in [3.05, 3.63) is 108 Å². The third-order valence-electron chi connectivity index (χ3n) is 5.42. The van der Waals surface area contributed by atoms with Crippen molar-refractivity contribution in [1.82, 2.24) is 10.0 Å². The summed E-state index contributed by atoms with van der Waals surface area (Å²) in [4.78, 5) is 13.2. The molecule has 0 aliphatic heterocycles. The third kappa shape index (κ3) is 4.79. The second kappa shape index (κ2) is 9.79. The van der Waals surface area contributed by atoms with Crippen molar-refractivity contribution >= 4 is 26.7 Å². The summed E-state index contributed by atoms with van der Waals surface area (Å²) < 4.78 is 27.2. The maximum Gasteiger partial charge on any atom is 0.252 e. The number of rotatable bonds is 7. The molecule has 0 heterocycles. The van der Waals surface area contributed by atoms with Gasteiger partial charge < -0.3 is 10.4 Å². The highest BCUT2D eigenvalue weighted by Gasteiger charge is 2.24. The molecule has 3 N–H and O–H groups in total. The fraction of sp³-hybridized carbons (Fsp3) is 0.0741. The quantitative estimate of drug-likeness (QED) is 0.356. The summed E-state index contributed by atoms with van der Waals surface area (Å²) in [5.41, 5.74) is 1.48. The molecule has 0 saturated heterocycles. The number of aromatic hydroxyl groups is 1. The van der Waals surface area contributed by atoms with Crippen molar-refractivity contribution in [2.24, 2.45) is 0 Å². The topological polar surface area (TPSA) is 95.5 Å². The summed E-state index contributed by atoms with van der Waals surface area (Å²) in [6, 6.07) is 25.3. The summed E-state index contributed by atoms with van der Waals surface area (Å²) >= 11 is 0. The molecule has 1 unspecified atom stereocenters. The summed E-state index contributed by atoms with van der Waals surface area (Å²) in [5.74, 6) is 1.77. The van der Waals surface area contributed by atoms with Gasteiger partial charge in [0, 0.05) is 11.1 Å². The van der Waals surface area contributed by atoms with Gasteiger partial charge in [-0.1, -0.05) is 72.7 Å². The van der Waals surface area contributed by atoms with E-state index >= 15 is 0 Å². The molecule has 34 heavy (non-hydrogen) atoms. The third-order valence-corrected chi connectivity index (χ3v) is 6.81. The molecule has 1 atom stereocenters. The van der Waals surface area contributed by atoms with E-state index in [1.807, 2.05) is 60.7 Å². The van der Waals surface area contributed by atoms with Crippen LogP contribution in [0.1, 0.15) is 27.5 Å². The van der Waals surface area contributed by atoms with Crippen LogP contribution in [0.2, 0.25) is 0 Å². The van der Waals surface area contributed by atoms with Gasteiger partial charge in [-0.25, -0.2) is 8.42 Å². The largest absolute Gasteiger partial charge is 0.508 e. The van der Waals surface area contributed by atoms with Crippen molar-refractivity contribution in [2.45, 2.75) is 10.9 Å². The van der Waals surface area contributed by atoms with Crippen LogP contribution in [0.5, 0.6) is 5.75 Å². The predicted molar refractivity (Wildman–Crippen MR) is 132 cm³/mol. The van der Waals surface area contributed by atoms with Crippen LogP contribution >= 0.6 is 0 Å². The SMILES string of the molecule is C#CCNS(=O)(=O)c1cccc(C(=O)NC(c2ccccc2)c2c(O)ccc3ccccc23)c1. The molecule has 170 valence electrons. The van der Waals surface area contributed by atoms with Gasteiger partial charge in [0.05, 0.1) is 17.5 Å². The first-order chi connectivity index (χ1) is 16.4. The highest BCUT2D eigenvalue weighted by molar-refractivity contribution is 7.89. The standard InChI is InChI=1S/C27H22N2O4S/c1-2-17-28-34(32,33)22-13-8-12-21(18-22)27(31)29-26(20-10-4-3-5-11-20)25-23-14-7-6-9-19(23)15-16-24(25)30/h1,3-16,18,26,28,30H,17H2,(H,29,31). The molecule has 0 aliphatic carbocycles. The van der Waals surface area contributed by atoms with Crippen LogP contribution in [-0.2, 0) is 10.0 Å². The number of sulfonamides is 1. The lowest BCUT2D eigenvalue weighted by Crippen LogP contribution is -2.30. The summed E-state index contributed by atoms with van der Waals surface area (Å²) in [5, 5.41) is 15.5. The summed E-state index contributed by atoms with van der Waals surface area (Å²) in [6.07, 6.45) is 5.15. The van der Waals surface area contributed by atoms with Crippen molar-refractivity contribution < 1.29 is 18.3 Å². The highest BCUT2D eigenvalue weighted by atomic mass is 32.2. The fourth-order valence-corrected chi connectivity index (χ4v) is 4.77. The first-order valence-corrected chi connectivity index (χ1v) is 12.0. The molecule has 4 aromatic carbocycles. The first-order valence-electron chi connectivity index (χ1n) is 10.5. The van der Waals surface area contributed by atoms with Crippen molar-refractivity contribution in [3.63, 3.8) is 0 Å². The number of fused-ring (bicyclic) bond motifs is 1. The second-order valence-electron chi connectivity index (χ2n) is 7.59. The normalized spacial score (nSPS) is 12.1. The number of carbonyl (C=O) groups is 1. The van der Waals surface area contributed by atoms with Gasteiger partial charge in [-0.3, -0.25) is 4.79 Å². The Morgan fingerprint density at radius 3 is 2.44 bits per heavy atom. The van der Waals surface area contributed by atoms with Gasteiger partial charge in [0.25, 0.3) is 5.91 Å². The van der Waals surface area contributed by atoms with E-state index in [0.717, 1.165) is 16.3 Å². The predicted octanol–water partition coefficient (Wildman–Crippen LogP) is 3.98. The molecule has 4 aromatic rings. The molecule has 0 bridgehead atoms. The molecule has 0 aliphatic rings. The molecule has 6 nitrogen and oxygen atoms in total. The molecule has 0 radical (unpaired) electrons. The first kappa shape index (κ1) is 23.1. The van der Waals surface area contributed by atoms with E-state index in [1.54, 1.807) is 6.07 Å². The molecule has 0 saturated carbocycles. The zero-order valence-corrected chi connectivity index (χ0v) is 18.9. The minimum absolute atomic E-state index is 0.0441. The van der Waals surface area contributed by atoms with E-state index in [4.69, 9.17) is 6.42 Å². The molecule has 4 rings (SSSR count). The van der Waals surface area contributed by atoms with Crippen LogP contribution in [0, 0.1) is 12.3 Å². The van der Waals surface area contributed by atoms with Crippen LogP contribution in [0.15, 0.2) is 95.9 Å². The van der Waals surface area contributed by atoms with Crippen molar-refractivity contribution in [3.8, 4) is 18.1 Å². The Balaban J connectivity index is 1.76. The molecule has 0 fully saturated rings. The number of phenols is 1. The fourth-order valence-electron chi connectivity index (χ4n) is 3.79. The Hall–Kier alpha value is -4.12. The Morgan fingerprint density at radius 2 is 1.68 bits per heavy atom. The lowest BCUT2D eigenvalue weighted by Gasteiger charge is -2.23. The number of amides is 1.